The van der Waals surface area contributed by atoms with Crippen LogP contribution in [0.15, 0.2) is 0 Å². The lowest BCUT2D eigenvalue weighted by Gasteiger charge is -2.27. The first-order chi connectivity index (χ1) is 5.24. The minimum Gasteiger partial charge on any atom is -0.395 e. The molecule has 0 aromatic heterocycles. The molecule has 0 aliphatic rings. The maximum Gasteiger partial charge on any atom is 0.337 e. The molecule has 0 amide bonds. The lowest BCUT2D eigenvalue weighted by molar-refractivity contribution is 0.185. The zero-order valence-electron chi connectivity index (χ0n) is 8.85. The first-order valence-electron chi connectivity index (χ1n) is 4.52. The smallest absolute Gasteiger partial charge is 0.337 e. The zero-order chi connectivity index (χ0) is 8.74. The van der Waals surface area contributed by atoms with Gasteiger partial charge in [0.05, 0.1) is 0 Å². The van der Waals surface area contributed by atoms with Gasteiger partial charge in [0.1, 0.15) is 0 Å². The molecule has 3 N–H and O–H groups in total. The third kappa shape index (κ3) is 4.20. The van der Waals surface area contributed by atoms with Crippen molar-refractivity contribution in [3.05, 3.63) is 0 Å². The van der Waals surface area contributed by atoms with Crippen LogP contribution < -0.4 is 6.15 Å². The standard InChI is InChI=1S/C8H20O2Si.H3N/c1-5-9-11(7-3,8-4)10-6-2;/h5-8H2,1-4H3;1H3. The first-order valence-corrected chi connectivity index (χ1v) is 6.75. The van der Waals surface area contributed by atoms with Crippen molar-refractivity contribution < 1.29 is 8.85 Å². The first kappa shape index (κ1) is 14.6. The Labute approximate surface area is 77.3 Å². The highest BCUT2D eigenvalue weighted by Crippen LogP contribution is 2.17. The maximum absolute atomic E-state index is 5.68. The molecule has 0 rings (SSSR count). The Balaban J connectivity index is 0. The van der Waals surface area contributed by atoms with E-state index in [2.05, 4.69) is 13.8 Å². The Bertz CT molecular complexity index is 89.1. The molecular weight excluding hydrogens is 170 g/mol. The molecule has 0 radical (unpaired) electrons. The zero-order valence-corrected chi connectivity index (χ0v) is 9.85. The van der Waals surface area contributed by atoms with E-state index in [9.17, 15) is 0 Å². The Morgan fingerprint density at radius 2 is 1.17 bits per heavy atom. The lowest BCUT2D eigenvalue weighted by Crippen LogP contribution is -2.40. The molecule has 0 aliphatic carbocycles. The van der Waals surface area contributed by atoms with Crippen molar-refractivity contribution in [3.8, 4) is 0 Å². The van der Waals surface area contributed by atoms with E-state index in [0.29, 0.717) is 0 Å². The number of rotatable bonds is 6. The van der Waals surface area contributed by atoms with Crippen LogP contribution in [0.3, 0.4) is 0 Å². The van der Waals surface area contributed by atoms with Crippen LogP contribution in [-0.4, -0.2) is 21.8 Å². The van der Waals surface area contributed by atoms with Crippen LogP contribution in [-0.2, 0) is 8.85 Å². The highest BCUT2D eigenvalue weighted by molar-refractivity contribution is 6.67. The fourth-order valence-electron chi connectivity index (χ4n) is 1.23. The summed E-state index contributed by atoms with van der Waals surface area (Å²) in [5.74, 6) is 0. The van der Waals surface area contributed by atoms with Crippen LogP contribution in [0.4, 0.5) is 0 Å². The summed E-state index contributed by atoms with van der Waals surface area (Å²) in [5.41, 5.74) is 0. The molecule has 0 atom stereocenters. The van der Waals surface area contributed by atoms with Gasteiger partial charge in [-0.1, -0.05) is 13.8 Å². The second-order valence-corrected chi connectivity index (χ2v) is 6.30. The van der Waals surface area contributed by atoms with Crippen LogP contribution in [0, 0.1) is 0 Å². The van der Waals surface area contributed by atoms with Gasteiger partial charge in [-0.3, -0.25) is 0 Å². The second kappa shape index (κ2) is 7.73. The summed E-state index contributed by atoms with van der Waals surface area (Å²) in [6, 6.07) is 2.12. The minimum absolute atomic E-state index is 0. The van der Waals surface area contributed by atoms with Crippen molar-refractivity contribution in [2.75, 3.05) is 13.2 Å². The molecule has 0 bridgehead atoms. The van der Waals surface area contributed by atoms with E-state index in [1.165, 1.54) is 0 Å². The van der Waals surface area contributed by atoms with Crippen LogP contribution in [0.5, 0.6) is 0 Å². The molecule has 4 heteroatoms. The van der Waals surface area contributed by atoms with Gasteiger partial charge in [-0.15, -0.1) is 0 Å². The maximum atomic E-state index is 5.68. The molecule has 0 heterocycles. The van der Waals surface area contributed by atoms with E-state index in [1.807, 2.05) is 13.8 Å². The van der Waals surface area contributed by atoms with Crippen molar-refractivity contribution in [1.82, 2.24) is 6.15 Å². The van der Waals surface area contributed by atoms with Crippen LogP contribution >= 0.6 is 0 Å². The molecule has 0 fully saturated rings. The summed E-state index contributed by atoms with van der Waals surface area (Å²) >= 11 is 0. The predicted octanol–water partition coefficient (Wildman–Crippen LogP) is 2.70. The van der Waals surface area contributed by atoms with Crippen molar-refractivity contribution in [1.29, 1.82) is 0 Å². The SMILES string of the molecule is CCO[Si](CC)(CC)OCC.N. The average molecular weight is 193 g/mol. The molecule has 0 aromatic carbocycles. The van der Waals surface area contributed by atoms with Crippen molar-refractivity contribution in [2.45, 2.75) is 39.8 Å². The molecule has 0 unspecified atom stereocenters. The quantitative estimate of drug-likeness (QED) is 0.660. The van der Waals surface area contributed by atoms with Crippen LogP contribution in [0.25, 0.3) is 0 Å². The van der Waals surface area contributed by atoms with E-state index < -0.39 is 8.56 Å². The molecular formula is C8H23NO2Si. The van der Waals surface area contributed by atoms with Crippen molar-refractivity contribution >= 4 is 8.56 Å². The summed E-state index contributed by atoms with van der Waals surface area (Å²) in [6.07, 6.45) is 0. The Hall–Kier alpha value is 0.0969. The molecule has 3 nitrogen and oxygen atoms in total. The molecule has 12 heavy (non-hydrogen) atoms. The molecule has 0 aliphatic heterocycles. The van der Waals surface area contributed by atoms with Gasteiger partial charge in [-0.25, -0.2) is 0 Å². The molecule has 76 valence electrons. The van der Waals surface area contributed by atoms with E-state index in [4.69, 9.17) is 8.85 Å². The van der Waals surface area contributed by atoms with E-state index in [-0.39, 0.29) is 6.15 Å². The van der Waals surface area contributed by atoms with Crippen molar-refractivity contribution in [2.24, 2.45) is 0 Å². The van der Waals surface area contributed by atoms with Gasteiger partial charge in [-0.2, -0.15) is 0 Å². The summed E-state index contributed by atoms with van der Waals surface area (Å²) in [7, 11) is -1.74. The van der Waals surface area contributed by atoms with Gasteiger partial charge in [0, 0.05) is 13.2 Å². The number of hydrogen-bond donors (Lipinski definition) is 1. The Kier molecular flexibility index (Phi) is 9.41. The predicted molar refractivity (Wildman–Crippen MR) is 55.0 cm³/mol. The summed E-state index contributed by atoms with van der Waals surface area (Å²) in [4.78, 5) is 0. The monoisotopic (exact) mass is 193 g/mol. The van der Waals surface area contributed by atoms with Crippen molar-refractivity contribution in [3.63, 3.8) is 0 Å². The van der Waals surface area contributed by atoms with E-state index in [1.54, 1.807) is 0 Å². The highest BCUT2D eigenvalue weighted by Gasteiger charge is 2.32. The van der Waals surface area contributed by atoms with E-state index >= 15 is 0 Å². The van der Waals surface area contributed by atoms with E-state index in [0.717, 1.165) is 25.3 Å². The lowest BCUT2D eigenvalue weighted by atomic mass is 10.9. The fraction of sp³-hybridized carbons (Fsp3) is 1.00. The fourth-order valence-corrected chi connectivity index (χ4v) is 3.68. The molecule has 0 spiro atoms. The topological polar surface area (TPSA) is 53.5 Å². The van der Waals surface area contributed by atoms with Crippen LogP contribution in [0.1, 0.15) is 27.7 Å². The second-order valence-electron chi connectivity index (χ2n) is 2.48. The summed E-state index contributed by atoms with van der Waals surface area (Å²) < 4.78 is 11.4. The Morgan fingerprint density at radius 1 is 0.833 bits per heavy atom. The van der Waals surface area contributed by atoms with Gasteiger partial charge in [0.2, 0.25) is 0 Å². The molecule has 0 aromatic rings. The van der Waals surface area contributed by atoms with Crippen LogP contribution in [0.2, 0.25) is 12.1 Å². The van der Waals surface area contributed by atoms with Gasteiger partial charge in [-0.05, 0) is 25.9 Å². The third-order valence-electron chi connectivity index (χ3n) is 1.89. The van der Waals surface area contributed by atoms with Gasteiger partial charge >= 0.3 is 8.56 Å². The summed E-state index contributed by atoms with van der Waals surface area (Å²) in [6.45, 7) is 9.95. The van der Waals surface area contributed by atoms with Gasteiger partial charge < -0.3 is 15.0 Å². The summed E-state index contributed by atoms with van der Waals surface area (Å²) in [5, 5.41) is 0. The Morgan fingerprint density at radius 3 is 1.33 bits per heavy atom. The molecule has 0 saturated heterocycles. The largest absolute Gasteiger partial charge is 0.395 e. The normalized spacial score (nSPS) is 11.0. The third-order valence-corrected chi connectivity index (χ3v) is 5.68. The number of hydrogen-bond acceptors (Lipinski definition) is 3. The average Bonchev–Trinajstić information content (AvgIpc) is 2.04. The van der Waals surface area contributed by atoms with Gasteiger partial charge in [0.15, 0.2) is 0 Å². The minimum atomic E-state index is -1.74. The van der Waals surface area contributed by atoms with Gasteiger partial charge in [0.25, 0.3) is 0 Å². The highest BCUT2D eigenvalue weighted by atomic mass is 28.4. The molecule has 0 saturated carbocycles.